The van der Waals surface area contributed by atoms with E-state index in [1.807, 2.05) is 24.3 Å². The van der Waals surface area contributed by atoms with Crippen molar-refractivity contribution in [2.75, 3.05) is 29.5 Å². The largest absolute Gasteiger partial charge is 0.369 e. The predicted molar refractivity (Wildman–Crippen MR) is 152 cm³/mol. The van der Waals surface area contributed by atoms with Gasteiger partial charge in [0.1, 0.15) is 5.54 Å². The van der Waals surface area contributed by atoms with Crippen LogP contribution in [-0.2, 0) is 14.6 Å². The van der Waals surface area contributed by atoms with Gasteiger partial charge in [0.05, 0.1) is 27.5 Å². The summed E-state index contributed by atoms with van der Waals surface area (Å²) in [4.78, 5) is 19.2. The zero-order valence-electron chi connectivity index (χ0n) is 22.6. The number of sulfone groups is 1. The molecule has 6 rings (SSSR count). The minimum atomic E-state index is -2.89. The normalized spacial score (nSPS) is 24.8. The Morgan fingerprint density at radius 1 is 1.05 bits per heavy atom. The van der Waals surface area contributed by atoms with E-state index in [1.165, 1.54) is 17.8 Å². The van der Waals surface area contributed by atoms with Gasteiger partial charge in [-0.2, -0.15) is 5.26 Å². The molecule has 3 saturated carbocycles. The molecule has 1 atom stereocenters. The average Bonchev–Trinajstić information content (AvgIpc) is 3.36. The van der Waals surface area contributed by atoms with Crippen molar-refractivity contribution in [3.63, 3.8) is 0 Å². The second-order valence-electron chi connectivity index (χ2n) is 11.6. The summed E-state index contributed by atoms with van der Waals surface area (Å²) in [6.07, 6.45) is 9.38. The van der Waals surface area contributed by atoms with Gasteiger partial charge < -0.3 is 10.2 Å². The molecule has 11 heteroatoms. The average molecular weight is 591 g/mol. The first kappa shape index (κ1) is 28.9. The van der Waals surface area contributed by atoms with Crippen molar-refractivity contribution in [2.24, 2.45) is 5.92 Å². The Hall–Kier alpha value is -2.58. The second-order valence-corrected chi connectivity index (χ2v) is 14.9. The number of alkyl halides is 2. The second kappa shape index (κ2) is 11.7. The maximum Gasteiger partial charge on any atom is 0.248 e. The molecular formula is C29H36F2N4O3S2. The molecule has 2 aromatic rings. The van der Waals surface area contributed by atoms with Crippen LogP contribution >= 0.6 is 11.3 Å². The third kappa shape index (κ3) is 7.19. The lowest BCUT2D eigenvalue weighted by atomic mass is 9.88. The van der Waals surface area contributed by atoms with E-state index in [2.05, 4.69) is 21.3 Å². The number of carbonyl (C=O) groups excluding carboxylic acids is 1. The van der Waals surface area contributed by atoms with Crippen LogP contribution in [0, 0.1) is 17.2 Å². The Labute approximate surface area is 238 Å². The first-order valence-electron chi connectivity index (χ1n) is 14.2. The van der Waals surface area contributed by atoms with Crippen molar-refractivity contribution >= 4 is 32.8 Å². The summed E-state index contributed by atoms with van der Waals surface area (Å²) < 4.78 is 49.9. The lowest BCUT2D eigenvalue weighted by molar-refractivity contribution is -0.126. The molecule has 216 valence electrons. The van der Waals surface area contributed by atoms with Gasteiger partial charge >= 0.3 is 0 Å². The summed E-state index contributed by atoms with van der Waals surface area (Å²) in [5, 5.41) is 12.5. The zero-order valence-corrected chi connectivity index (χ0v) is 24.2. The maximum absolute atomic E-state index is 13.4. The number of nitrogens with one attached hydrogen (secondary N) is 1. The van der Waals surface area contributed by atoms with Crippen LogP contribution in [0.5, 0.6) is 0 Å². The summed E-state index contributed by atoms with van der Waals surface area (Å²) in [5.74, 6) is -2.02. The molecule has 2 heterocycles. The van der Waals surface area contributed by atoms with E-state index in [0.29, 0.717) is 19.5 Å². The van der Waals surface area contributed by atoms with E-state index in [0.717, 1.165) is 59.7 Å². The van der Waals surface area contributed by atoms with Gasteiger partial charge in [-0.1, -0.05) is 31.4 Å². The van der Waals surface area contributed by atoms with Crippen LogP contribution in [0.1, 0.15) is 75.1 Å². The summed E-state index contributed by atoms with van der Waals surface area (Å²) >= 11 is 1.49. The summed E-state index contributed by atoms with van der Waals surface area (Å²) in [5.41, 5.74) is 1.53. The smallest absolute Gasteiger partial charge is 0.248 e. The number of halogens is 2. The fraction of sp³-hybridized carbons (Fsp3) is 0.621. The lowest BCUT2D eigenvalue weighted by Crippen LogP contribution is -2.40. The predicted octanol–water partition coefficient (Wildman–Crippen LogP) is 5.69. The quantitative estimate of drug-likeness (QED) is 0.480. The molecule has 0 spiro atoms. The van der Waals surface area contributed by atoms with Gasteiger partial charge in [0.2, 0.25) is 11.8 Å². The number of nitrogens with zero attached hydrogens (tertiary/aromatic N) is 3. The van der Waals surface area contributed by atoms with Gasteiger partial charge in [0.15, 0.2) is 9.84 Å². The Kier molecular flexibility index (Phi) is 8.48. The van der Waals surface area contributed by atoms with Crippen LogP contribution in [0.2, 0.25) is 0 Å². The molecule has 1 aromatic carbocycles. The standard InChI is InChI=1S/C18H20F2N2O2S2.C11H16N2O/c19-18(20)6-5-14(11-18)17-21-12-16(25-17)13-1-3-15(4-2-13)22-7-9-26(23,24)10-8-22;12-8-11(6-7-11)13-10(14)9-4-2-1-3-5-9/h1-4,12,14H,5-11H2;9H,1-7H2,(H,13,14). The third-order valence-corrected chi connectivity index (χ3v) is 11.3. The van der Waals surface area contributed by atoms with E-state index >= 15 is 0 Å². The number of benzene rings is 1. The number of rotatable bonds is 5. The number of aromatic nitrogens is 1. The van der Waals surface area contributed by atoms with Gasteiger partial charge in [-0.3, -0.25) is 4.79 Å². The summed E-state index contributed by atoms with van der Waals surface area (Å²) in [7, 11) is -2.89. The zero-order chi connectivity index (χ0) is 28.4. The highest BCUT2D eigenvalue weighted by Gasteiger charge is 2.45. The molecule has 1 N–H and O–H groups in total. The molecule has 4 fully saturated rings. The van der Waals surface area contributed by atoms with E-state index in [4.69, 9.17) is 5.26 Å². The molecule has 0 bridgehead atoms. The molecule has 7 nitrogen and oxygen atoms in total. The van der Waals surface area contributed by atoms with E-state index in [1.54, 1.807) is 6.20 Å². The van der Waals surface area contributed by atoms with E-state index in [-0.39, 0.29) is 42.1 Å². The van der Waals surface area contributed by atoms with Gasteiger partial charge in [-0.05, 0) is 49.8 Å². The van der Waals surface area contributed by atoms with Crippen molar-refractivity contribution in [1.82, 2.24) is 10.3 Å². The Morgan fingerprint density at radius 3 is 2.30 bits per heavy atom. The third-order valence-electron chi connectivity index (χ3n) is 8.44. The SMILES string of the molecule is N#CC1(NC(=O)C2CCCCC2)CC1.O=S1(=O)CCN(c2ccc(-c3cnc(C4CCC(F)(F)C4)s3)cc2)CC1. The molecular weight excluding hydrogens is 554 g/mol. The first-order chi connectivity index (χ1) is 19.1. The Bertz CT molecular complexity index is 1330. The molecule has 4 aliphatic rings. The van der Waals surface area contributed by atoms with Gasteiger partial charge in [0.25, 0.3) is 0 Å². The topological polar surface area (TPSA) is 103 Å². The Balaban J connectivity index is 0.000000194. The van der Waals surface area contributed by atoms with Crippen molar-refractivity contribution in [1.29, 1.82) is 5.26 Å². The minimum Gasteiger partial charge on any atom is -0.369 e. The molecule has 40 heavy (non-hydrogen) atoms. The first-order valence-corrected chi connectivity index (χ1v) is 16.8. The summed E-state index contributed by atoms with van der Waals surface area (Å²) in [6, 6.07) is 10.1. The van der Waals surface area contributed by atoms with Crippen LogP contribution in [0.4, 0.5) is 14.5 Å². The van der Waals surface area contributed by atoms with Crippen molar-refractivity contribution < 1.29 is 22.0 Å². The van der Waals surface area contributed by atoms with Crippen LogP contribution in [0.3, 0.4) is 0 Å². The molecule has 1 aromatic heterocycles. The molecule has 1 aliphatic heterocycles. The van der Waals surface area contributed by atoms with Crippen molar-refractivity contribution in [3.8, 4) is 16.5 Å². The number of amides is 1. The van der Waals surface area contributed by atoms with Crippen LogP contribution in [-0.4, -0.2) is 55.4 Å². The molecule has 3 aliphatic carbocycles. The van der Waals surface area contributed by atoms with E-state index in [9.17, 15) is 22.0 Å². The molecule has 1 unspecified atom stereocenters. The summed E-state index contributed by atoms with van der Waals surface area (Å²) in [6.45, 7) is 1.03. The number of hydrogen-bond donors (Lipinski definition) is 1. The van der Waals surface area contributed by atoms with Crippen LogP contribution < -0.4 is 10.2 Å². The number of hydrogen-bond acceptors (Lipinski definition) is 7. The lowest BCUT2D eigenvalue weighted by Gasteiger charge is -2.28. The fourth-order valence-electron chi connectivity index (χ4n) is 5.67. The Morgan fingerprint density at radius 2 is 1.73 bits per heavy atom. The van der Waals surface area contributed by atoms with Gasteiger partial charge in [-0.25, -0.2) is 22.2 Å². The highest BCUT2D eigenvalue weighted by molar-refractivity contribution is 7.91. The van der Waals surface area contributed by atoms with Crippen molar-refractivity contribution in [2.45, 2.75) is 81.6 Å². The van der Waals surface area contributed by atoms with Gasteiger partial charge in [-0.15, -0.1) is 11.3 Å². The monoisotopic (exact) mass is 590 g/mol. The minimum absolute atomic E-state index is 0.0488. The van der Waals surface area contributed by atoms with Crippen molar-refractivity contribution in [3.05, 3.63) is 35.5 Å². The van der Waals surface area contributed by atoms with Crippen LogP contribution in [0.15, 0.2) is 30.5 Å². The highest BCUT2D eigenvalue weighted by atomic mass is 32.2. The van der Waals surface area contributed by atoms with E-state index < -0.39 is 21.3 Å². The molecule has 1 amide bonds. The number of nitriles is 1. The highest BCUT2D eigenvalue weighted by Crippen LogP contribution is 2.46. The molecule has 0 radical (unpaired) electrons. The molecule has 1 saturated heterocycles. The number of anilines is 1. The fourth-order valence-corrected chi connectivity index (χ4v) is 7.93. The number of thiazole rings is 1. The van der Waals surface area contributed by atoms with Gasteiger partial charge in [0, 0.05) is 49.7 Å². The van der Waals surface area contributed by atoms with Crippen LogP contribution in [0.25, 0.3) is 10.4 Å². The number of carbonyl (C=O) groups is 1. The maximum atomic E-state index is 13.4.